The predicted octanol–water partition coefficient (Wildman–Crippen LogP) is 3.69. The summed E-state index contributed by atoms with van der Waals surface area (Å²) in [5.74, 6) is 1.51. The molecule has 148 valence electrons. The van der Waals surface area contributed by atoms with Crippen LogP contribution in [0.3, 0.4) is 0 Å². The molecule has 0 bridgehead atoms. The maximum Gasteiger partial charge on any atom is 0.274 e. The first-order valence-corrected chi connectivity index (χ1v) is 9.05. The third kappa shape index (κ3) is 3.10. The monoisotopic (exact) mass is 391 g/mol. The molecule has 0 amide bonds. The van der Waals surface area contributed by atoms with E-state index in [9.17, 15) is 4.79 Å². The lowest BCUT2D eigenvalue weighted by molar-refractivity contribution is 0.324. The van der Waals surface area contributed by atoms with Gasteiger partial charge in [0.15, 0.2) is 11.5 Å². The van der Waals surface area contributed by atoms with E-state index in [2.05, 4.69) is 10.1 Å². The van der Waals surface area contributed by atoms with Crippen molar-refractivity contribution in [1.29, 1.82) is 0 Å². The minimum Gasteiger partial charge on any atom is -0.493 e. The summed E-state index contributed by atoms with van der Waals surface area (Å²) in [6.07, 6.45) is 0. The molecule has 4 aromatic rings. The van der Waals surface area contributed by atoms with Gasteiger partial charge in [-0.15, -0.1) is 0 Å². The summed E-state index contributed by atoms with van der Waals surface area (Å²) in [6.45, 7) is 1.89. The molecule has 7 heteroatoms. The van der Waals surface area contributed by atoms with E-state index >= 15 is 0 Å². The lowest BCUT2D eigenvalue weighted by Crippen LogP contribution is -2.14. The molecule has 0 aliphatic carbocycles. The highest BCUT2D eigenvalue weighted by atomic mass is 16.5. The molecule has 0 aliphatic rings. The number of nitrogens with zero attached hydrogens (tertiary/aromatic N) is 2. The van der Waals surface area contributed by atoms with Crippen LogP contribution in [-0.4, -0.2) is 35.9 Å². The van der Waals surface area contributed by atoms with E-state index in [1.807, 2.05) is 37.3 Å². The zero-order valence-corrected chi connectivity index (χ0v) is 16.6. The molecule has 4 rings (SSSR count). The second-order valence-electron chi connectivity index (χ2n) is 6.52. The van der Waals surface area contributed by atoms with Crippen LogP contribution in [-0.2, 0) is 0 Å². The van der Waals surface area contributed by atoms with Crippen LogP contribution < -0.4 is 19.8 Å². The van der Waals surface area contributed by atoms with Crippen molar-refractivity contribution in [3.05, 3.63) is 64.6 Å². The molecular formula is C22H21N3O4. The Bertz CT molecular complexity index is 1220. The largest absolute Gasteiger partial charge is 0.493 e. The number of aromatic nitrogens is 3. The van der Waals surface area contributed by atoms with Gasteiger partial charge < -0.3 is 19.2 Å². The normalized spacial score (nSPS) is 10.9. The topological polar surface area (TPSA) is 77.9 Å². The van der Waals surface area contributed by atoms with Gasteiger partial charge in [0.05, 0.1) is 32.7 Å². The highest BCUT2D eigenvalue weighted by Gasteiger charge is 2.18. The second kappa shape index (κ2) is 7.35. The molecule has 2 aromatic carbocycles. The van der Waals surface area contributed by atoms with E-state index in [0.717, 1.165) is 22.4 Å². The van der Waals surface area contributed by atoms with E-state index in [1.165, 1.54) is 10.6 Å². The van der Waals surface area contributed by atoms with E-state index in [0.29, 0.717) is 28.6 Å². The van der Waals surface area contributed by atoms with E-state index in [1.54, 1.807) is 33.5 Å². The Morgan fingerprint density at radius 2 is 1.55 bits per heavy atom. The number of hydrogen-bond acceptors (Lipinski definition) is 5. The van der Waals surface area contributed by atoms with Crippen LogP contribution in [0.15, 0.2) is 53.3 Å². The van der Waals surface area contributed by atoms with Crippen LogP contribution >= 0.6 is 0 Å². The van der Waals surface area contributed by atoms with Crippen molar-refractivity contribution in [3.8, 4) is 39.6 Å². The Morgan fingerprint density at radius 1 is 0.897 bits per heavy atom. The standard InChI is InChI=1S/C22H21N3O4/c1-13-20(14-8-6-5-7-9-14)22-23-16(12-19(26)25(22)24-13)15-10-17(27-2)21(29-4)18(11-15)28-3/h5-12,23H,1-4H3. The van der Waals surface area contributed by atoms with Crippen molar-refractivity contribution in [2.45, 2.75) is 6.92 Å². The summed E-state index contributed by atoms with van der Waals surface area (Å²) in [7, 11) is 4.66. The van der Waals surface area contributed by atoms with Crippen molar-refractivity contribution >= 4 is 5.65 Å². The minimum absolute atomic E-state index is 0.229. The van der Waals surface area contributed by atoms with Crippen LogP contribution in [0.25, 0.3) is 28.0 Å². The highest BCUT2D eigenvalue weighted by molar-refractivity contribution is 5.81. The van der Waals surface area contributed by atoms with Gasteiger partial charge in [-0.3, -0.25) is 4.79 Å². The smallest absolute Gasteiger partial charge is 0.274 e. The Kier molecular flexibility index (Phi) is 4.72. The number of fused-ring (bicyclic) bond motifs is 1. The molecule has 0 fully saturated rings. The third-order valence-electron chi connectivity index (χ3n) is 4.83. The summed E-state index contributed by atoms with van der Waals surface area (Å²) in [4.78, 5) is 16.2. The van der Waals surface area contributed by atoms with Crippen molar-refractivity contribution in [2.24, 2.45) is 0 Å². The van der Waals surface area contributed by atoms with Crippen molar-refractivity contribution < 1.29 is 14.2 Å². The highest BCUT2D eigenvalue weighted by Crippen LogP contribution is 2.41. The SMILES string of the molecule is COc1cc(-c2cc(=O)n3nc(C)c(-c4ccccc4)c3[nH]2)cc(OC)c1OC. The van der Waals surface area contributed by atoms with Gasteiger partial charge in [-0.25, -0.2) is 0 Å². The van der Waals surface area contributed by atoms with Gasteiger partial charge in [0.25, 0.3) is 5.56 Å². The number of rotatable bonds is 5. The molecule has 0 spiro atoms. The molecule has 0 saturated carbocycles. The van der Waals surface area contributed by atoms with Crippen molar-refractivity contribution in [1.82, 2.24) is 14.6 Å². The Labute approximate surface area is 167 Å². The molecule has 0 radical (unpaired) electrons. The van der Waals surface area contributed by atoms with Gasteiger partial charge in [0.1, 0.15) is 5.65 Å². The molecule has 2 aromatic heterocycles. The summed E-state index contributed by atoms with van der Waals surface area (Å²) in [5, 5.41) is 4.42. The predicted molar refractivity (Wildman–Crippen MR) is 111 cm³/mol. The average molecular weight is 391 g/mol. The average Bonchev–Trinajstić information content (AvgIpc) is 3.09. The number of nitrogens with one attached hydrogen (secondary N) is 1. The third-order valence-corrected chi connectivity index (χ3v) is 4.83. The number of hydrogen-bond donors (Lipinski definition) is 1. The van der Waals surface area contributed by atoms with E-state index in [-0.39, 0.29) is 5.56 Å². The van der Waals surface area contributed by atoms with Gasteiger partial charge in [0.2, 0.25) is 5.75 Å². The first kappa shape index (κ1) is 18.6. The number of ether oxygens (including phenoxy) is 3. The lowest BCUT2D eigenvalue weighted by Gasteiger charge is -2.14. The fourth-order valence-corrected chi connectivity index (χ4v) is 3.49. The minimum atomic E-state index is -0.229. The first-order valence-electron chi connectivity index (χ1n) is 9.05. The number of benzene rings is 2. The molecule has 2 heterocycles. The van der Waals surface area contributed by atoms with Gasteiger partial charge in [0, 0.05) is 17.2 Å². The first-order chi connectivity index (χ1) is 14.1. The molecular weight excluding hydrogens is 370 g/mol. The lowest BCUT2D eigenvalue weighted by atomic mass is 10.1. The van der Waals surface area contributed by atoms with Gasteiger partial charge in [-0.2, -0.15) is 9.61 Å². The summed E-state index contributed by atoms with van der Waals surface area (Å²) < 4.78 is 17.7. The van der Waals surface area contributed by atoms with Crippen LogP contribution in [0, 0.1) is 6.92 Å². The fourth-order valence-electron chi connectivity index (χ4n) is 3.49. The van der Waals surface area contributed by atoms with Crippen molar-refractivity contribution in [2.75, 3.05) is 21.3 Å². The number of methoxy groups -OCH3 is 3. The summed E-state index contributed by atoms with van der Waals surface area (Å²) >= 11 is 0. The van der Waals surface area contributed by atoms with Crippen LogP contribution in [0.4, 0.5) is 0 Å². The molecule has 1 N–H and O–H groups in total. The fraction of sp³-hybridized carbons (Fsp3) is 0.182. The molecule has 29 heavy (non-hydrogen) atoms. The quantitative estimate of drug-likeness (QED) is 0.561. The molecule has 0 unspecified atom stereocenters. The molecule has 7 nitrogen and oxygen atoms in total. The van der Waals surface area contributed by atoms with Crippen LogP contribution in [0.5, 0.6) is 17.2 Å². The number of aromatic amines is 1. The van der Waals surface area contributed by atoms with E-state index in [4.69, 9.17) is 14.2 Å². The zero-order chi connectivity index (χ0) is 20.5. The van der Waals surface area contributed by atoms with Gasteiger partial charge >= 0.3 is 0 Å². The summed E-state index contributed by atoms with van der Waals surface area (Å²) in [6, 6.07) is 15.0. The maximum atomic E-state index is 12.8. The Morgan fingerprint density at radius 3 is 2.14 bits per heavy atom. The van der Waals surface area contributed by atoms with Crippen LogP contribution in [0.2, 0.25) is 0 Å². The Hall–Kier alpha value is -3.74. The number of H-pyrrole nitrogens is 1. The molecule has 0 atom stereocenters. The zero-order valence-electron chi connectivity index (χ0n) is 16.6. The van der Waals surface area contributed by atoms with Crippen molar-refractivity contribution in [3.63, 3.8) is 0 Å². The van der Waals surface area contributed by atoms with E-state index < -0.39 is 0 Å². The Balaban J connectivity index is 1.98. The van der Waals surface area contributed by atoms with Gasteiger partial charge in [-0.1, -0.05) is 30.3 Å². The number of aryl methyl sites for hydroxylation is 1. The van der Waals surface area contributed by atoms with Gasteiger partial charge in [-0.05, 0) is 24.6 Å². The van der Waals surface area contributed by atoms with Crippen LogP contribution in [0.1, 0.15) is 5.69 Å². The maximum absolute atomic E-state index is 12.8. The second-order valence-corrected chi connectivity index (χ2v) is 6.52. The molecule has 0 aliphatic heterocycles. The summed E-state index contributed by atoms with van der Waals surface area (Å²) in [5.41, 5.74) is 4.40. The molecule has 0 saturated heterocycles.